The molecule has 0 bridgehead atoms. The van der Waals surface area contributed by atoms with Crippen molar-refractivity contribution in [3.05, 3.63) is 34.2 Å². The van der Waals surface area contributed by atoms with Gasteiger partial charge in [-0.05, 0) is 39.8 Å². The number of hydrogen-bond acceptors (Lipinski definition) is 12. The van der Waals surface area contributed by atoms with Gasteiger partial charge in [0.05, 0.1) is 50.2 Å². The zero-order valence-corrected chi connectivity index (χ0v) is 44.7. The molecule has 0 aliphatic carbocycles. The maximum Gasteiger partial charge on any atom is 0.185 e. The van der Waals surface area contributed by atoms with Crippen molar-refractivity contribution < 1.29 is 77.1 Å². The van der Waals surface area contributed by atoms with E-state index in [0.717, 1.165) is 39.6 Å². The van der Waals surface area contributed by atoms with E-state index in [-0.39, 0.29) is 60.7 Å². The second-order valence-electron chi connectivity index (χ2n) is 15.1. The number of ether oxygens (including phenoxy) is 10. The molecular formula is C44H90N2O12P2Tc. The minimum absolute atomic E-state index is 0. The van der Waals surface area contributed by atoms with Crippen LogP contribution in [-0.4, -0.2) is 197 Å². The summed E-state index contributed by atoms with van der Waals surface area (Å²) in [4.78, 5) is 24.5. The van der Waals surface area contributed by atoms with E-state index in [4.69, 9.17) is 47.4 Å². The number of methoxy groups -OCH3 is 10. The van der Waals surface area contributed by atoms with Gasteiger partial charge in [-0.2, -0.15) is 0 Å². The first-order valence-corrected chi connectivity index (χ1v) is 25.5. The largest absolute Gasteiger partial charge is 0.687 e. The fraction of sp³-hybridized carbons (Fsp3) is 0.864. The molecule has 1 radical (unpaired) electrons. The Bertz CT molecular complexity index is 931. The minimum atomic E-state index is -0.929. The van der Waals surface area contributed by atoms with Crippen LogP contribution in [0.3, 0.4) is 0 Å². The van der Waals surface area contributed by atoms with E-state index >= 15 is 0 Å². The van der Waals surface area contributed by atoms with Gasteiger partial charge in [-0.3, -0.25) is 9.59 Å². The Labute approximate surface area is 388 Å². The first-order valence-electron chi connectivity index (χ1n) is 21.3. The summed E-state index contributed by atoms with van der Waals surface area (Å²) in [7, 11) is 16.3. The van der Waals surface area contributed by atoms with Crippen molar-refractivity contribution in [1.29, 1.82) is 0 Å². The Kier molecular flexibility index (Phi) is 52.3. The third kappa shape index (κ3) is 42.0. The van der Waals surface area contributed by atoms with Crippen LogP contribution in [0, 0.1) is 0 Å². The van der Waals surface area contributed by atoms with Crippen LogP contribution in [0.15, 0.2) is 23.5 Å². The van der Waals surface area contributed by atoms with E-state index in [1.54, 1.807) is 70.4 Å². The van der Waals surface area contributed by atoms with Crippen molar-refractivity contribution in [2.45, 2.75) is 77.4 Å². The molecule has 61 heavy (non-hydrogen) atoms. The Hall–Kier alpha value is -0.471. The molecule has 0 atom stereocenters. The average Bonchev–Trinajstić information content (AvgIpc) is 3.23. The van der Waals surface area contributed by atoms with Crippen molar-refractivity contribution in [3.63, 3.8) is 0 Å². The number of hydrogen-bond donors (Lipinski definition) is 0. The van der Waals surface area contributed by atoms with Gasteiger partial charge in [0.1, 0.15) is 11.2 Å². The molecule has 0 aliphatic heterocycles. The molecular weight excluding hydrogens is 909 g/mol. The third-order valence-electron chi connectivity index (χ3n) is 9.39. The van der Waals surface area contributed by atoms with Crippen LogP contribution in [0.2, 0.25) is 0 Å². The van der Waals surface area contributed by atoms with Gasteiger partial charge >= 0.3 is 0 Å². The van der Waals surface area contributed by atoms with Crippen molar-refractivity contribution >= 4 is 27.4 Å². The van der Waals surface area contributed by atoms with Gasteiger partial charge in [-0.1, -0.05) is 0 Å². The summed E-state index contributed by atoms with van der Waals surface area (Å²) in [6.45, 7) is 13.2. The Morgan fingerprint density at radius 3 is 0.836 bits per heavy atom. The molecule has 0 saturated carbocycles. The van der Waals surface area contributed by atoms with Crippen molar-refractivity contribution in [3.8, 4) is 0 Å². The summed E-state index contributed by atoms with van der Waals surface area (Å²) < 4.78 is 51.2. The maximum atomic E-state index is 12.2. The van der Waals surface area contributed by atoms with Crippen molar-refractivity contribution in [2.75, 3.05) is 174 Å². The third-order valence-corrected chi connectivity index (χ3v) is 15.8. The van der Waals surface area contributed by atoms with E-state index in [1.807, 2.05) is 0 Å². The monoisotopic (exact) mass is 1000 g/mol. The predicted molar refractivity (Wildman–Crippen MR) is 253 cm³/mol. The van der Waals surface area contributed by atoms with Gasteiger partial charge in [-0.15, -0.1) is 24.5 Å². The number of carbonyl (C=O) groups excluding carboxylic acids is 2. The molecule has 17 heteroatoms. The smallest absolute Gasteiger partial charge is 0.185 e. The molecule has 0 heterocycles. The first-order chi connectivity index (χ1) is 28.7. The van der Waals surface area contributed by atoms with Crippen LogP contribution in [0.25, 0.3) is 10.6 Å². The average molecular weight is 1000 g/mol. The summed E-state index contributed by atoms with van der Waals surface area (Å²) in [5, 5.41) is 8.73. The second-order valence-corrected chi connectivity index (χ2v) is 21.1. The van der Waals surface area contributed by atoms with Crippen LogP contribution in [0.4, 0.5) is 0 Å². The van der Waals surface area contributed by atoms with Crippen molar-refractivity contribution in [1.82, 2.24) is 0 Å². The second kappa shape index (κ2) is 47.5. The topological polar surface area (TPSA) is 155 Å². The molecule has 0 saturated heterocycles. The van der Waals surface area contributed by atoms with Crippen molar-refractivity contribution in [2.24, 2.45) is 0 Å². The standard InChI is InChI=1S/C20H36N2O6.2C12H27O3P.Tc/c1-19(2,27-7)17(23)11-15(13-25-5)21-9-10-22-16(14-26-6)12-18(24)20(3,4)28-8;2*1-13-7-4-10-16(11-5-8-14-2)12-6-9-15-3;/h11-12H,9-10,13-14H2,1-8H3,(H2,21,22,23,24);2*4-12H2,1-3H3;/i;;;1+1. The molecule has 0 rings (SSSR count). The SMILES string of the molecule is COC/C(=C/C(=O)C(C)(C)OC)[N-]CC[N-]/C(=C\C(=O)C(C)(C)OC)COC.COCCC[PH+](CCCOC)CCCOC.COCCC[PH+](CCCOC)CCCOC.[99Tc]. The fourth-order valence-corrected chi connectivity index (χ4v) is 10.7. The predicted octanol–water partition coefficient (Wildman–Crippen LogP) is 7.40. The molecule has 0 aliphatic rings. The molecule has 0 unspecified atom stereocenters. The molecule has 0 amide bonds. The van der Waals surface area contributed by atoms with Gasteiger partial charge in [0.25, 0.3) is 0 Å². The number of ketones is 2. The molecule has 0 aromatic heterocycles. The number of carbonyl (C=O) groups is 2. The summed E-state index contributed by atoms with van der Waals surface area (Å²) in [5.74, 6) is -0.398. The van der Waals surface area contributed by atoms with E-state index in [2.05, 4.69) is 10.6 Å². The van der Waals surface area contributed by atoms with Crippen LogP contribution in [0.1, 0.15) is 66.2 Å². The van der Waals surface area contributed by atoms with E-state index < -0.39 is 11.2 Å². The summed E-state index contributed by atoms with van der Waals surface area (Å²) in [6.07, 6.45) is 18.3. The molecule has 14 nitrogen and oxygen atoms in total. The van der Waals surface area contributed by atoms with E-state index in [9.17, 15) is 9.59 Å². The van der Waals surface area contributed by atoms with Gasteiger partial charge in [0, 0.05) is 185 Å². The van der Waals surface area contributed by atoms with E-state index in [1.165, 1.54) is 116 Å². The zero-order valence-electron chi connectivity index (χ0n) is 40.9. The molecule has 0 aromatic carbocycles. The van der Waals surface area contributed by atoms with Crippen LogP contribution in [-0.2, 0) is 77.1 Å². The quantitative estimate of drug-likeness (QED) is 0.0343. The van der Waals surface area contributed by atoms with Crippen LogP contribution in [0.5, 0.6) is 0 Å². The summed E-state index contributed by atoms with van der Waals surface area (Å²) in [6, 6.07) is 0. The van der Waals surface area contributed by atoms with E-state index in [0.29, 0.717) is 24.5 Å². The van der Waals surface area contributed by atoms with Gasteiger partial charge in [0.2, 0.25) is 0 Å². The Morgan fingerprint density at radius 1 is 0.426 bits per heavy atom. The minimum Gasteiger partial charge on any atom is -0.687 e. The summed E-state index contributed by atoms with van der Waals surface area (Å²) in [5.41, 5.74) is -0.854. The molecule has 0 spiro atoms. The fourth-order valence-electron chi connectivity index (χ4n) is 5.35. The zero-order chi connectivity index (χ0) is 45.9. The number of rotatable bonds is 39. The van der Waals surface area contributed by atoms with Gasteiger partial charge < -0.3 is 58.0 Å². The first kappa shape index (κ1) is 67.1. The van der Waals surface area contributed by atoms with Gasteiger partial charge in [0.15, 0.2) is 11.6 Å². The van der Waals surface area contributed by atoms with Crippen LogP contribution < -0.4 is 0 Å². The molecule has 0 N–H and O–H groups in total. The summed E-state index contributed by atoms with van der Waals surface area (Å²) >= 11 is 0. The van der Waals surface area contributed by atoms with Gasteiger partial charge in [-0.25, -0.2) is 0 Å². The normalized spacial score (nSPS) is 12.1. The number of nitrogens with zero attached hydrogens (tertiary/aromatic N) is 2. The molecule has 0 aromatic rings. The Balaban J connectivity index is -0.000000423. The van der Waals surface area contributed by atoms with Crippen LogP contribution >= 0.6 is 15.8 Å². The Morgan fingerprint density at radius 2 is 0.656 bits per heavy atom. The molecule has 365 valence electrons. The molecule has 0 fully saturated rings. The maximum absolute atomic E-state index is 12.2.